The third-order valence-electron chi connectivity index (χ3n) is 5.82. The minimum atomic E-state index is -1.56. The maximum atomic E-state index is 13.3. The second kappa shape index (κ2) is 15.6. The SMILES string of the molecule is NC(=O)CCC(NC(=O)C(Cc1cnc[nH]1)NC(=O)C(N)Cc1ccccc1)C(=O)NC(CCC(=O)O)C(=O)O. The molecule has 4 amide bonds. The van der Waals surface area contributed by atoms with Gasteiger partial charge in [0.15, 0.2) is 0 Å². The van der Waals surface area contributed by atoms with Crippen molar-refractivity contribution in [1.29, 1.82) is 0 Å². The van der Waals surface area contributed by atoms with Gasteiger partial charge in [-0.15, -0.1) is 0 Å². The molecule has 4 atom stereocenters. The van der Waals surface area contributed by atoms with Gasteiger partial charge in [-0.2, -0.15) is 0 Å². The summed E-state index contributed by atoms with van der Waals surface area (Å²) in [6.07, 6.45) is 1.40. The Bertz CT molecular complexity index is 1170. The number of imidazole rings is 1. The van der Waals surface area contributed by atoms with E-state index < -0.39 is 72.6 Å². The van der Waals surface area contributed by atoms with Gasteiger partial charge in [0.25, 0.3) is 0 Å². The van der Waals surface area contributed by atoms with Gasteiger partial charge in [-0.1, -0.05) is 30.3 Å². The second-order valence-corrected chi connectivity index (χ2v) is 9.04. The number of nitrogens with two attached hydrogens (primary N) is 2. The normalized spacial score (nSPS) is 13.7. The molecular weight excluding hydrogens is 526 g/mol. The number of aliphatic carboxylic acids is 2. The molecule has 1 heterocycles. The van der Waals surface area contributed by atoms with Gasteiger partial charge in [-0.05, 0) is 24.8 Å². The molecule has 0 fully saturated rings. The molecule has 1 aromatic heterocycles. The summed E-state index contributed by atoms with van der Waals surface area (Å²) >= 11 is 0. The van der Waals surface area contributed by atoms with Crippen molar-refractivity contribution in [3.05, 3.63) is 54.1 Å². The zero-order valence-corrected chi connectivity index (χ0v) is 21.5. The number of hydrogen-bond donors (Lipinski definition) is 8. The lowest BCUT2D eigenvalue weighted by Gasteiger charge is -2.25. The Kier molecular flexibility index (Phi) is 12.2. The van der Waals surface area contributed by atoms with E-state index in [-0.39, 0.29) is 25.7 Å². The quantitative estimate of drug-likeness (QED) is 0.108. The number of nitrogens with one attached hydrogen (secondary N) is 4. The summed E-state index contributed by atoms with van der Waals surface area (Å²) in [7, 11) is 0. The van der Waals surface area contributed by atoms with Crippen LogP contribution in [0.3, 0.4) is 0 Å². The summed E-state index contributed by atoms with van der Waals surface area (Å²) in [4.78, 5) is 79.5. The standard InChI is InChI=1S/C25H33N7O8/c26-16(10-14-4-2-1-3-5-14)22(36)32-19(11-15-12-28-13-29-15)24(38)30-17(6-8-20(27)33)23(37)31-18(25(39)40)7-9-21(34)35/h1-5,12-13,16-19H,6-11,26H2,(H2,27,33)(H,28,29)(H,30,38)(H,31,37)(H,32,36)(H,34,35)(H,39,40). The van der Waals surface area contributed by atoms with Crippen molar-refractivity contribution in [2.75, 3.05) is 0 Å². The highest BCUT2D eigenvalue weighted by Crippen LogP contribution is 2.07. The Labute approximate surface area is 229 Å². The molecule has 0 spiro atoms. The van der Waals surface area contributed by atoms with Crippen LogP contribution >= 0.6 is 0 Å². The lowest BCUT2D eigenvalue weighted by molar-refractivity contribution is -0.143. The number of amides is 4. The van der Waals surface area contributed by atoms with Gasteiger partial charge in [0.05, 0.1) is 12.4 Å². The molecule has 0 aliphatic carbocycles. The van der Waals surface area contributed by atoms with Crippen molar-refractivity contribution in [3.8, 4) is 0 Å². The van der Waals surface area contributed by atoms with E-state index in [1.807, 2.05) is 6.07 Å². The number of primary amides is 1. The molecule has 4 unspecified atom stereocenters. The highest BCUT2D eigenvalue weighted by molar-refractivity contribution is 5.94. The summed E-state index contributed by atoms with van der Waals surface area (Å²) in [5.74, 6) is -5.95. The van der Waals surface area contributed by atoms with Gasteiger partial charge < -0.3 is 42.6 Å². The van der Waals surface area contributed by atoms with Crippen LogP contribution in [0.5, 0.6) is 0 Å². The first-order chi connectivity index (χ1) is 19.0. The fourth-order valence-electron chi connectivity index (χ4n) is 3.69. The largest absolute Gasteiger partial charge is 0.481 e. The minimum absolute atomic E-state index is 0.0594. The van der Waals surface area contributed by atoms with Gasteiger partial charge in [0, 0.05) is 31.2 Å². The number of carboxylic acids is 2. The number of nitrogens with zero attached hydrogens (tertiary/aromatic N) is 1. The van der Waals surface area contributed by atoms with E-state index in [0.29, 0.717) is 5.69 Å². The molecule has 40 heavy (non-hydrogen) atoms. The van der Waals surface area contributed by atoms with E-state index >= 15 is 0 Å². The predicted octanol–water partition coefficient (Wildman–Crippen LogP) is -1.81. The van der Waals surface area contributed by atoms with Gasteiger partial charge in [0.1, 0.15) is 18.1 Å². The highest BCUT2D eigenvalue weighted by Gasteiger charge is 2.31. The van der Waals surface area contributed by atoms with Gasteiger partial charge in [0.2, 0.25) is 23.6 Å². The molecule has 15 nitrogen and oxygen atoms in total. The van der Waals surface area contributed by atoms with Crippen LogP contribution in [0.4, 0.5) is 0 Å². The average Bonchev–Trinajstić information content (AvgIpc) is 3.41. The van der Waals surface area contributed by atoms with Crippen LogP contribution in [0, 0.1) is 0 Å². The monoisotopic (exact) mass is 559 g/mol. The minimum Gasteiger partial charge on any atom is -0.481 e. The maximum Gasteiger partial charge on any atom is 0.326 e. The van der Waals surface area contributed by atoms with Crippen LogP contribution in [0.1, 0.15) is 36.9 Å². The first kappa shape index (κ1) is 31.4. The summed E-state index contributed by atoms with van der Waals surface area (Å²) in [5.41, 5.74) is 12.5. The van der Waals surface area contributed by atoms with Crippen molar-refractivity contribution < 1.29 is 39.0 Å². The Hall–Kier alpha value is -4.79. The number of aromatic amines is 1. The summed E-state index contributed by atoms with van der Waals surface area (Å²) in [6.45, 7) is 0. The molecule has 0 aliphatic rings. The fourth-order valence-corrected chi connectivity index (χ4v) is 3.69. The third kappa shape index (κ3) is 10.9. The average molecular weight is 560 g/mol. The Morgan fingerprint density at radius 1 is 0.825 bits per heavy atom. The van der Waals surface area contributed by atoms with E-state index in [1.165, 1.54) is 12.5 Å². The summed E-state index contributed by atoms with van der Waals surface area (Å²) in [6, 6.07) is 3.77. The topological polar surface area (TPSA) is 260 Å². The van der Waals surface area contributed by atoms with Crippen molar-refractivity contribution in [2.45, 2.75) is 62.7 Å². The van der Waals surface area contributed by atoms with Crippen molar-refractivity contribution in [1.82, 2.24) is 25.9 Å². The number of benzene rings is 1. The Morgan fingerprint density at radius 3 is 2.00 bits per heavy atom. The van der Waals surface area contributed by atoms with Crippen LogP contribution in [0.15, 0.2) is 42.9 Å². The smallest absolute Gasteiger partial charge is 0.326 e. The molecule has 0 aliphatic heterocycles. The van der Waals surface area contributed by atoms with Crippen molar-refractivity contribution >= 4 is 35.6 Å². The molecule has 0 bridgehead atoms. The van der Waals surface area contributed by atoms with Gasteiger partial charge in [-0.3, -0.25) is 24.0 Å². The van der Waals surface area contributed by atoms with Crippen LogP contribution in [0.25, 0.3) is 0 Å². The number of carbonyl (C=O) groups is 6. The van der Waals surface area contributed by atoms with Gasteiger partial charge in [-0.25, -0.2) is 9.78 Å². The highest BCUT2D eigenvalue weighted by atomic mass is 16.4. The molecule has 1 aromatic carbocycles. The number of H-pyrrole nitrogens is 1. The lowest BCUT2D eigenvalue weighted by Crippen LogP contribution is -2.58. The molecule has 216 valence electrons. The first-order valence-corrected chi connectivity index (χ1v) is 12.4. The maximum absolute atomic E-state index is 13.3. The van der Waals surface area contributed by atoms with Crippen LogP contribution < -0.4 is 27.4 Å². The Balaban J connectivity index is 2.18. The van der Waals surface area contributed by atoms with E-state index in [1.54, 1.807) is 24.3 Å². The van der Waals surface area contributed by atoms with E-state index in [2.05, 4.69) is 25.9 Å². The lowest BCUT2D eigenvalue weighted by atomic mass is 10.0. The van der Waals surface area contributed by atoms with E-state index in [4.69, 9.17) is 16.6 Å². The molecule has 15 heteroatoms. The molecule has 10 N–H and O–H groups in total. The molecule has 2 aromatic rings. The number of carbonyl (C=O) groups excluding carboxylic acids is 4. The van der Waals surface area contributed by atoms with E-state index in [0.717, 1.165) is 5.56 Å². The fraction of sp³-hybridized carbons (Fsp3) is 0.400. The van der Waals surface area contributed by atoms with Crippen LogP contribution in [0.2, 0.25) is 0 Å². The van der Waals surface area contributed by atoms with Crippen molar-refractivity contribution in [2.24, 2.45) is 11.5 Å². The molecule has 0 saturated carbocycles. The zero-order valence-electron chi connectivity index (χ0n) is 21.5. The van der Waals surface area contributed by atoms with Crippen LogP contribution in [-0.4, -0.2) is 79.9 Å². The number of aromatic nitrogens is 2. The zero-order chi connectivity index (χ0) is 29.7. The first-order valence-electron chi connectivity index (χ1n) is 12.4. The number of hydrogen-bond acceptors (Lipinski definition) is 8. The second-order valence-electron chi connectivity index (χ2n) is 9.04. The van der Waals surface area contributed by atoms with Crippen LogP contribution in [-0.2, 0) is 41.6 Å². The molecule has 0 radical (unpaired) electrons. The predicted molar refractivity (Wildman–Crippen MR) is 139 cm³/mol. The summed E-state index contributed by atoms with van der Waals surface area (Å²) in [5, 5.41) is 25.4. The van der Waals surface area contributed by atoms with Crippen molar-refractivity contribution in [3.63, 3.8) is 0 Å². The number of rotatable bonds is 17. The Morgan fingerprint density at radius 2 is 1.43 bits per heavy atom. The molecular formula is C25H33N7O8. The van der Waals surface area contributed by atoms with Gasteiger partial charge >= 0.3 is 11.9 Å². The summed E-state index contributed by atoms with van der Waals surface area (Å²) < 4.78 is 0. The third-order valence-corrected chi connectivity index (χ3v) is 5.82. The van der Waals surface area contributed by atoms with E-state index in [9.17, 15) is 33.9 Å². The molecule has 0 saturated heterocycles. The number of carboxylic acid groups (broad SMARTS) is 2. The molecule has 2 rings (SSSR count).